The maximum Gasteiger partial charge on any atom is 0.333 e. The van der Waals surface area contributed by atoms with Gasteiger partial charge in [0.25, 0.3) is 0 Å². The summed E-state index contributed by atoms with van der Waals surface area (Å²) in [5.74, 6) is 0. The Bertz CT molecular complexity index is 7070. The lowest BCUT2D eigenvalue weighted by Crippen LogP contribution is -2.56. The van der Waals surface area contributed by atoms with Gasteiger partial charge in [-0.15, -0.1) is 0 Å². The van der Waals surface area contributed by atoms with Crippen LogP contribution in [0.2, 0.25) is 0 Å². The second kappa shape index (κ2) is 19.4. The van der Waals surface area contributed by atoms with Crippen LogP contribution in [-0.4, -0.2) is 31.8 Å². The van der Waals surface area contributed by atoms with E-state index in [1.165, 1.54) is 186 Å². The number of hydrogen-bond donors (Lipinski definition) is 0. The molecule has 100 heavy (non-hydrogen) atoms. The highest BCUT2D eigenvalue weighted by Gasteiger charge is 2.47. The number of anilines is 6. The van der Waals surface area contributed by atoms with E-state index < -0.39 is 0 Å². The van der Waals surface area contributed by atoms with Crippen molar-refractivity contribution in [3.8, 4) is 44.8 Å². The van der Waals surface area contributed by atoms with Gasteiger partial charge in [0.15, 0.2) is 0 Å². The zero-order valence-corrected chi connectivity index (χ0v) is 54.0. The van der Waals surface area contributed by atoms with Crippen LogP contribution >= 0.6 is 0 Å². The third kappa shape index (κ3) is 6.84. The van der Waals surface area contributed by atoms with E-state index in [1.54, 1.807) is 0 Å². The fourth-order valence-corrected chi connectivity index (χ4v) is 19.0. The zero-order chi connectivity index (χ0) is 64.7. The molecule has 4 aromatic heterocycles. The minimum atomic E-state index is -0.171. The molecule has 0 radical (unpaired) electrons. The number of para-hydroxylation sites is 5. The van der Waals surface area contributed by atoms with Gasteiger partial charge in [-0.25, -0.2) is 0 Å². The SMILES string of the molecule is c1ccc(-n2ccc3cc4c5c(c32)-c2cccc3c6ccccc6n(c23)B5c2ccc3ccccc3c2N4c2cccc3cc(-c4ccc5c6c4c4ccccc4n6B4c6cc7ccccc7cc6N(c6ccc7ccccc7c6)c6cc7ccn(-c8ccccc8)c7c-5c64)ccc23)cc1. The maximum atomic E-state index is 2.73. The molecule has 0 aliphatic carbocycles. The van der Waals surface area contributed by atoms with Crippen LogP contribution in [0.4, 0.5) is 34.1 Å². The highest BCUT2D eigenvalue weighted by molar-refractivity contribution is 6.91. The molecule has 4 aliphatic heterocycles. The van der Waals surface area contributed by atoms with Crippen LogP contribution in [0, 0.1) is 0 Å². The second-order valence-electron chi connectivity index (χ2n) is 27.9. The number of benzene rings is 16. The molecule has 4 aliphatic rings. The van der Waals surface area contributed by atoms with Crippen LogP contribution in [0.15, 0.2) is 328 Å². The van der Waals surface area contributed by atoms with Crippen molar-refractivity contribution >= 4 is 178 Å². The fourth-order valence-electron chi connectivity index (χ4n) is 19.0. The predicted molar refractivity (Wildman–Crippen MR) is 423 cm³/mol. The van der Waals surface area contributed by atoms with Gasteiger partial charge in [-0.1, -0.05) is 224 Å². The molecule has 458 valence electrons. The first-order valence-electron chi connectivity index (χ1n) is 34.9. The molecule has 20 aromatic rings. The van der Waals surface area contributed by atoms with Crippen molar-refractivity contribution in [2.24, 2.45) is 0 Å². The van der Waals surface area contributed by atoms with Gasteiger partial charge >= 0.3 is 13.7 Å². The molecule has 0 amide bonds. The van der Waals surface area contributed by atoms with E-state index in [9.17, 15) is 0 Å². The third-order valence-electron chi connectivity index (χ3n) is 23.0. The molecular weight excluding hydrogens is 1210 g/mol. The highest BCUT2D eigenvalue weighted by atomic mass is 15.2. The van der Waals surface area contributed by atoms with Crippen LogP contribution in [0.25, 0.3) is 153 Å². The maximum absolute atomic E-state index is 2.73. The van der Waals surface area contributed by atoms with Gasteiger partial charge in [-0.2, -0.15) is 0 Å². The fraction of sp³-hybridized carbons (Fsp3) is 0. The smallest absolute Gasteiger partial charge is 0.333 e. The van der Waals surface area contributed by atoms with Gasteiger partial charge in [-0.05, 0) is 156 Å². The second-order valence-corrected chi connectivity index (χ2v) is 27.9. The van der Waals surface area contributed by atoms with Crippen molar-refractivity contribution in [1.82, 2.24) is 18.1 Å². The van der Waals surface area contributed by atoms with Crippen molar-refractivity contribution in [1.29, 1.82) is 0 Å². The van der Waals surface area contributed by atoms with Gasteiger partial charge in [0.1, 0.15) is 0 Å². The Hall–Kier alpha value is -13.0. The normalized spacial score (nSPS) is 13.3. The molecule has 8 heterocycles. The summed E-state index contributed by atoms with van der Waals surface area (Å²) in [5.41, 5.74) is 29.5. The molecule has 0 fully saturated rings. The molecule has 0 bridgehead atoms. The molecule has 0 spiro atoms. The van der Waals surface area contributed by atoms with Crippen molar-refractivity contribution in [2.75, 3.05) is 9.80 Å². The molecule has 8 heteroatoms. The van der Waals surface area contributed by atoms with Gasteiger partial charge in [0.2, 0.25) is 0 Å². The Labute approximate surface area is 575 Å². The Balaban J connectivity index is 0.762. The molecule has 0 saturated heterocycles. The number of fused-ring (bicyclic) bond motifs is 23. The number of rotatable bonds is 5. The van der Waals surface area contributed by atoms with Crippen molar-refractivity contribution in [3.05, 3.63) is 328 Å². The first kappa shape index (κ1) is 53.2. The zero-order valence-electron chi connectivity index (χ0n) is 54.0. The Morgan fingerprint density at radius 3 is 1.53 bits per heavy atom. The topological polar surface area (TPSA) is 26.2 Å². The average Bonchev–Trinajstić information content (AvgIpc) is 1.35. The molecule has 0 saturated carbocycles. The lowest BCUT2D eigenvalue weighted by Gasteiger charge is -2.41. The molecule has 6 nitrogen and oxygen atoms in total. The lowest BCUT2D eigenvalue weighted by molar-refractivity contribution is 1.13. The quantitative estimate of drug-likeness (QED) is 0.161. The summed E-state index contributed by atoms with van der Waals surface area (Å²) in [4.78, 5) is 5.23. The van der Waals surface area contributed by atoms with Gasteiger partial charge in [0.05, 0.1) is 22.4 Å². The minimum Gasteiger partial charge on any atom is -0.375 e. The Morgan fingerprint density at radius 1 is 0.250 bits per heavy atom. The summed E-state index contributed by atoms with van der Waals surface area (Å²) >= 11 is 0. The van der Waals surface area contributed by atoms with Crippen LogP contribution < -0.4 is 31.7 Å². The Kier molecular flexibility index (Phi) is 10.3. The van der Waals surface area contributed by atoms with E-state index in [0.29, 0.717) is 0 Å². The molecule has 24 rings (SSSR count). The largest absolute Gasteiger partial charge is 0.375 e. The van der Waals surface area contributed by atoms with Crippen LogP contribution in [0.3, 0.4) is 0 Å². The van der Waals surface area contributed by atoms with Gasteiger partial charge < -0.3 is 27.9 Å². The molecular formula is C92H54B2N6. The first-order valence-corrected chi connectivity index (χ1v) is 34.9. The average molecular weight is 1270 g/mol. The van der Waals surface area contributed by atoms with E-state index >= 15 is 0 Å². The van der Waals surface area contributed by atoms with E-state index in [4.69, 9.17) is 0 Å². The van der Waals surface area contributed by atoms with Crippen molar-refractivity contribution in [3.63, 3.8) is 0 Å². The molecule has 0 N–H and O–H groups in total. The van der Waals surface area contributed by atoms with E-state index in [1.807, 2.05) is 0 Å². The minimum absolute atomic E-state index is 0.120. The summed E-state index contributed by atoms with van der Waals surface area (Å²) in [5, 5.41) is 17.2. The van der Waals surface area contributed by atoms with Gasteiger partial charge in [0, 0.05) is 134 Å². The number of nitrogens with zero attached hydrogens (tertiary/aromatic N) is 6. The van der Waals surface area contributed by atoms with E-state index in [2.05, 4.69) is 356 Å². The van der Waals surface area contributed by atoms with Crippen molar-refractivity contribution < 1.29 is 0 Å². The summed E-state index contributed by atoms with van der Waals surface area (Å²) in [6, 6.07) is 120. The number of hydrogen-bond acceptors (Lipinski definition) is 2. The summed E-state index contributed by atoms with van der Waals surface area (Å²) < 4.78 is 10.3. The lowest BCUT2D eigenvalue weighted by atomic mass is 9.44. The summed E-state index contributed by atoms with van der Waals surface area (Å²) in [7, 11) is 0. The number of aromatic nitrogens is 4. The van der Waals surface area contributed by atoms with Gasteiger partial charge in [-0.3, -0.25) is 0 Å². The molecule has 16 aromatic carbocycles. The van der Waals surface area contributed by atoms with Crippen LogP contribution in [0.5, 0.6) is 0 Å². The predicted octanol–water partition coefficient (Wildman–Crippen LogP) is 20.9. The summed E-state index contributed by atoms with van der Waals surface area (Å²) in [6.45, 7) is -0.292. The Morgan fingerprint density at radius 2 is 0.790 bits per heavy atom. The monoisotopic (exact) mass is 1260 g/mol. The van der Waals surface area contributed by atoms with E-state index in [0.717, 1.165) is 22.7 Å². The summed E-state index contributed by atoms with van der Waals surface area (Å²) in [6.07, 6.45) is 4.57. The first-order chi connectivity index (χ1) is 49.6. The molecule has 0 unspecified atom stereocenters. The van der Waals surface area contributed by atoms with Crippen molar-refractivity contribution in [2.45, 2.75) is 0 Å². The van der Waals surface area contributed by atoms with E-state index in [-0.39, 0.29) is 13.7 Å². The standard InChI is InChI=1S/C92H54B2N6/c1-3-25-64(26-4-1)95-48-46-63-54-82-87-84(88(63)95)73-33-18-32-71-70-30-13-15-34-78(70)99(90(71)73)93(87)75-44-39-56-20-11-12-29-69(56)91(75)98(82)77-36-17-24-60-49-61(38-41-67(60)77)68-42-43-74-85-86-81(53-62-45-47-96(89(62)85)65-27-5-2-6-28-65)97(66-40-37-55-19-7-8-21-57(55)50-66)80-52-59-23-10-9-22-58(59)51-76(80)94(86)100-79-35-16-14-31-72(79)83(68)92(74)100/h1-54H. The highest BCUT2D eigenvalue weighted by Crippen LogP contribution is 2.54. The molecule has 0 atom stereocenters. The van der Waals surface area contributed by atoms with Crippen LogP contribution in [-0.2, 0) is 0 Å². The van der Waals surface area contributed by atoms with Crippen LogP contribution in [0.1, 0.15) is 0 Å². The third-order valence-corrected chi connectivity index (χ3v) is 23.0.